The van der Waals surface area contributed by atoms with E-state index in [1.54, 1.807) is 18.2 Å². The maximum atomic E-state index is 12.4. The fourth-order valence-corrected chi connectivity index (χ4v) is 3.17. The van der Waals surface area contributed by atoms with Crippen LogP contribution in [-0.2, 0) is 4.79 Å². The lowest BCUT2D eigenvalue weighted by Gasteiger charge is -2.29. The number of aliphatic imine (C=N–C) groups is 1. The van der Waals surface area contributed by atoms with Crippen molar-refractivity contribution in [3.63, 3.8) is 0 Å². The van der Waals surface area contributed by atoms with Crippen LogP contribution in [0.1, 0.15) is 24.2 Å². The van der Waals surface area contributed by atoms with Gasteiger partial charge in [-0.15, -0.1) is 0 Å². The standard InChI is InChI=1S/C19H16ClN3O4/c1-10(2)14-9-18(24)22-16-8-12(4-5-13(14)16)21-19(25)11-3-6-15(20)17(7-11)23(26)27/h3-10,13H,1-2H3,(H,22,24). The third-order valence-electron chi connectivity index (χ3n) is 4.31. The zero-order chi connectivity index (χ0) is 19.7. The molecule has 27 heavy (non-hydrogen) atoms. The number of halogens is 1. The molecule has 2 amide bonds. The number of nitrogens with zero attached hydrogens (tertiary/aromatic N) is 2. The molecule has 0 fully saturated rings. The number of benzene rings is 1. The first-order chi connectivity index (χ1) is 12.8. The highest BCUT2D eigenvalue weighted by Crippen LogP contribution is 2.32. The number of hydrogen-bond donors (Lipinski definition) is 1. The zero-order valence-electron chi connectivity index (χ0n) is 14.6. The molecule has 2 aliphatic rings. The minimum Gasteiger partial charge on any atom is -0.325 e. The van der Waals surface area contributed by atoms with Crippen molar-refractivity contribution < 1.29 is 14.5 Å². The smallest absolute Gasteiger partial charge is 0.288 e. The number of nitro groups is 1. The molecule has 1 unspecified atom stereocenters. The molecule has 1 heterocycles. The predicted molar refractivity (Wildman–Crippen MR) is 102 cm³/mol. The molecule has 0 aromatic heterocycles. The van der Waals surface area contributed by atoms with Crippen LogP contribution < -0.4 is 5.32 Å². The second kappa shape index (κ2) is 7.28. The van der Waals surface area contributed by atoms with Gasteiger partial charge in [0, 0.05) is 29.3 Å². The molecule has 1 N–H and O–H groups in total. The van der Waals surface area contributed by atoms with E-state index in [2.05, 4.69) is 10.3 Å². The van der Waals surface area contributed by atoms with Crippen molar-refractivity contribution in [1.82, 2.24) is 5.32 Å². The molecule has 1 aromatic rings. The summed E-state index contributed by atoms with van der Waals surface area (Å²) in [5, 5.41) is 13.7. The van der Waals surface area contributed by atoms with Crippen LogP contribution in [0.2, 0.25) is 5.02 Å². The summed E-state index contributed by atoms with van der Waals surface area (Å²) in [4.78, 5) is 38.6. The quantitative estimate of drug-likeness (QED) is 0.634. The Morgan fingerprint density at radius 3 is 2.74 bits per heavy atom. The Bertz CT molecular complexity index is 973. The Morgan fingerprint density at radius 2 is 2.07 bits per heavy atom. The number of fused-ring (bicyclic) bond motifs is 1. The normalized spacial score (nSPS) is 20.1. The fraction of sp³-hybridized carbons (Fsp3) is 0.211. The predicted octanol–water partition coefficient (Wildman–Crippen LogP) is 3.61. The first-order valence-corrected chi connectivity index (χ1v) is 8.63. The van der Waals surface area contributed by atoms with Gasteiger partial charge >= 0.3 is 0 Å². The molecular formula is C19H16ClN3O4. The van der Waals surface area contributed by atoms with Gasteiger partial charge in [-0.1, -0.05) is 31.5 Å². The maximum Gasteiger partial charge on any atom is 0.288 e. The van der Waals surface area contributed by atoms with E-state index in [0.717, 1.165) is 11.6 Å². The van der Waals surface area contributed by atoms with Gasteiger partial charge in [-0.2, -0.15) is 0 Å². The number of hydrogen-bond acceptors (Lipinski definition) is 4. The molecule has 1 atom stereocenters. The van der Waals surface area contributed by atoms with Crippen LogP contribution in [0.5, 0.6) is 0 Å². The molecule has 1 aliphatic carbocycles. The van der Waals surface area contributed by atoms with Gasteiger partial charge in [0.2, 0.25) is 5.91 Å². The first kappa shape index (κ1) is 18.7. The van der Waals surface area contributed by atoms with E-state index >= 15 is 0 Å². The van der Waals surface area contributed by atoms with Gasteiger partial charge in [0.1, 0.15) is 5.02 Å². The van der Waals surface area contributed by atoms with Gasteiger partial charge in [0.05, 0.1) is 10.6 Å². The summed E-state index contributed by atoms with van der Waals surface area (Å²) in [5.74, 6) is -0.709. The van der Waals surface area contributed by atoms with Crippen LogP contribution in [-0.4, -0.2) is 22.4 Å². The van der Waals surface area contributed by atoms with Crippen molar-refractivity contribution in [2.75, 3.05) is 0 Å². The van der Waals surface area contributed by atoms with Crippen LogP contribution >= 0.6 is 11.6 Å². The lowest BCUT2D eigenvalue weighted by atomic mass is 9.82. The van der Waals surface area contributed by atoms with Crippen molar-refractivity contribution in [1.29, 1.82) is 0 Å². The van der Waals surface area contributed by atoms with Gasteiger partial charge in [-0.25, -0.2) is 4.99 Å². The number of carbonyl (C=O) groups excluding carboxylic acids is 2. The maximum absolute atomic E-state index is 12.4. The molecule has 0 saturated carbocycles. The fourth-order valence-electron chi connectivity index (χ4n) is 2.98. The molecule has 0 bridgehead atoms. The summed E-state index contributed by atoms with van der Waals surface area (Å²) in [5.41, 5.74) is 1.70. The summed E-state index contributed by atoms with van der Waals surface area (Å²) in [6.45, 7) is 4.02. The Labute approximate surface area is 160 Å². The molecule has 0 spiro atoms. The van der Waals surface area contributed by atoms with Crippen molar-refractivity contribution in [2.24, 2.45) is 16.8 Å². The molecule has 3 rings (SSSR count). The second-order valence-electron chi connectivity index (χ2n) is 6.49. The highest BCUT2D eigenvalue weighted by molar-refractivity contribution is 6.32. The minimum atomic E-state index is -0.656. The minimum absolute atomic E-state index is 0.0513. The third-order valence-corrected chi connectivity index (χ3v) is 4.63. The van der Waals surface area contributed by atoms with Gasteiger partial charge < -0.3 is 5.32 Å². The summed E-state index contributed by atoms with van der Waals surface area (Å²) < 4.78 is 0. The van der Waals surface area contributed by atoms with E-state index in [4.69, 9.17) is 11.6 Å². The van der Waals surface area contributed by atoms with E-state index in [1.807, 2.05) is 19.9 Å². The summed E-state index contributed by atoms with van der Waals surface area (Å²) in [7, 11) is 0. The van der Waals surface area contributed by atoms with Crippen LogP contribution in [0.25, 0.3) is 0 Å². The molecule has 7 nitrogen and oxygen atoms in total. The Balaban J connectivity index is 1.90. The van der Waals surface area contributed by atoms with Crippen LogP contribution in [0.4, 0.5) is 5.69 Å². The number of nitrogens with one attached hydrogen (secondary N) is 1. The number of allylic oxidation sites excluding steroid dienone is 3. The second-order valence-corrected chi connectivity index (χ2v) is 6.90. The average Bonchev–Trinajstić information content (AvgIpc) is 2.60. The zero-order valence-corrected chi connectivity index (χ0v) is 15.4. The first-order valence-electron chi connectivity index (χ1n) is 8.25. The number of amides is 2. The van der Waals surface area contributed by atoms with Crippen molar-refractivity contribution in [2.45, 2.75) is 13.8 Å². The highest BCUT2D eigenvalue weighted by Gasteiger charge is 2.28. The van der Waals surface area contributed by atoms with E-state index in [1.165, 1.54) is 12.1 Å². The Kier molecular flexibility index (Phi) is 5.05. The van der Waals surface area contributed by atoms with E-state index < -0.39 is 10.8 Å². The van der Waals surface area contributed by atoms with E-state index in [-0.39, 0.29) is 34.0 Å². The van der Waals surface area contributed by atoms with Crippen LogP contribution in [0.3, 0.4) is 0 Å². The van der Waals surface area contributed by atoms with Crippen molar-refractivity contribution in [3.05, 3.63) is 74.5 Å². The molecule has 1 aliphatic heterocycles. The SMILES string of the molecule is CC(C)C1=CC(=O)NC2=CC(=NC(=O)c3ccc(Cl)c([N+](=O)[O-])c3)C=CC21. The highest BCUT2D eigenvalue weighted by atomic mass is 35.5. The lowest BCUT2D eigenvalue weighted by molar-refractivity contribution is -0.384. The van der Waals surface area contributed by atoms with Crippen LogP contribution in [0, 0.1) is 22.0 Å². The third kappa shape index (κ3) is 3.88. The summed E-state index contributed by atoms with van der Waals surface area (Å²) in [6.07, 6.45) is 6.80. The summed E-state index contributed by atoms with van der Waals surface area (Å²) in [6, 6.07) is 3.77. The number of nitro benzene ring substituents is 1. The largest absolute Gasteiger partial charge is 0.325 e. The van der Waals surface area contributed by atoms with E-state index in [9.17, 15) is 19.7 Å². The molecular weight excluding hydrogens is 370 g/mol. The van der Waals surface area contributed by atoms with Gasteiger partial charge in [0.15, 0.2) is 0 Å². The number of rotatable bonds is 3. The topological polar surface area (TPSA) is 102 Å². The Morgan fingerprint density at radius 1 is 1.33 bits per heavy atom. The lowest BCUT2D eigenvalue weighted by Crippen LogP contribution is -2.34. The molecule has 138 valence electrons. The van der Waals surface area contributed by atoms with Gasteiger partial charge in [-0.3, -0.25) is 19.7 Å². The van der Waals surface area contributed by atoms with Gasteiger partial charge in [0.25, 0.3) is 11.6 Å². The van der Waals surface area contributed by atoms with Crippen molar-refractivity contribution in [3.8, 4) is 0 Å². The molecule has 8 heteroatoms. The van der Waals surface area contributed by atoms with Crippen molar-refractivity contribution >= 4 is 34.8 Å². The monoisotopic (exact) mass is 385 g/mol. The average molecular weight is 386 g/mol. The molecule has 1 aromatic carbocycles. The Hall–Kier alpha value is -3.06. The molecule has 0 radical (unpaired) electrons. The van der Waals surface area contributed by atoms with E-state index in [0.29, 0.717) is 11.4 Å². The van der Waals surface area contributed by atoms with Crippen LogP contribution in [0.15, 0.2) is 58.8 Å². The summed E-state index contributed by atoms with van der Waals surface area (Å²) >= 11 is 5.76. The molecule has 0 saturated heterocycles. The number of carbonyl (C=O) groups is 2. The van der Waals surface area contributed by atoms with Gasteiger partial charge in [-0.05, 0) is 35.8 Å².